The van der Waals surface area contributed by atoms with Gasteiger partial charge in [-0.3, -0.25) is 0 Å². The first-order valence-electron chi connectivity index (χ1n) is 13.1. The molecule has 1 saturated carbocycles. The maximum atomic E-state index is 12.9. The van der Waals surface area contributed by atoms with E-state index in [1.807, 2.05) is 13.8 Å². The number of hydrogen-bond donors (Lipinski definition) is 5. The number of carbonyl (C=O) groups is 2. The molecular weight excluding hydrogens is 516 g/mol. The van der Waals surface area contributed by atoms with Crippen LogP contribution >= 0.6 is 0 Å². The molecule has 12 heteroatoms. The number of fused-ring (bicyclic) bond motifs is 1. The average Bonchev–Trinajstić information content (AvgIpc) is 3.24. The van der Waals surface area contributed by atoms with Crippen LogP contribution in [0.15, 0.2) is 35.1 Å². The van der Waals surface area contributed by atoms with E-state index in [1.54, 1.807) is 19.1 Å². The molecule has 5 N–H and O–H groups in total. The molecule has 0 aromatic rings. The zero-order chi connectivity index (χ0) is 28.9. The van der Waals surface area contributed by atoms with Crippen molar-refractivity contribution < 1.29 is 58.8 Å². The lowest BCUT2D eigenvalue weighted by Crippen LogP contribution is -2.60. The van der Waals surface area contributed by atoms with E-state index in [9.17, 15) is 30.0 Å². The molecule has 0 bridgehead atoms. The van der Waals surface area contributed by atoms with Crippen molar-refractivity contribution in [3.05, 3.63) is 35.1 Å². The molecule has 220 valence electrons. The van der Waals surface area contributed by atoms with Crippen molar-refractivity contribution in [1.82, 2.24) is 0 Å². The van der Waals surface area contributed by atoms with Crippen molar-refractivity contribution in [1.29, 1.82) is 0 Å². The largest absolute Gasteiger partial charge is 0.472 e. The third-order valence-electron chi connectivity index (χ3n) is 7.73. The molecule has 0 amide bonds. The Morgan fingerprint density at radius 3 is 2.44 bits per heavy atom. The van der Waals surface area contributed by atoms with Gasteiger partial charge in [0.2, 0.25) is 6.29 Å². The number of carbonyl (C=O) groups excluding carboxylic acids is 2. The fraction of sp³-hybridized carbons (Fsp3) is 0.704. The number of ether oxygens (including phenoxy) is 5. The van der Waals surface area contributed by atoms with E-state index < -0.39 is 73.5 Å². The topological polar surface area (TPSA) is 181 Å². The van der Waals surface area contributed by atoms with Gasteiger partial charge in [-0.1, -0.05) is 24.6 Å². The van der Waals surface area contributed by atoms with Crippen LogP contribution < -0.4 is 0 Å². The van der Waals surface area contributed by atoms with Gasteiger partial charge in [-0.25, -0.2) is 9.59 Å². The second kappa shape index (κ2) is 13.8. The predicted molar refractivity (Wildman–Crippen MR) is 134 cm³/mol. The molecule has 0 aromatic carbocycles. The molecule has 0 spiro atoms. The molecule has 3 aliphatic rings. The van der Waals surface area contributed by atoms with E-state index in [1.165, 1.54) is 13.4 Å². The highest BCUT2D eigenvalue weighted by Gasteiger charge is 2.54. The van der Waals surface area contributed by atoms with Gasteiger partial charge in [-0.15, -0.1) is 0 Å². The molecule has 12 nitrogen and oxygen atoms in total. The van der Waals surface area contributed by atoms with Crippen LogP contribution in [0.1, 0.15) is 40.0 Å². The minimum atomic E-state index is -1.63. The molecule has 0 aromatic heterocycles. The van der Waals surface area contributed by atoms with Crippen LogP contribution in [0.5, 0.6) is 0 Å². The van der Waals surface area contributed by atoms with Crippen molar-refractivity contribution in [3.63, 3.8) is 0 Å². The van der Waals surface area contributed by atoms with Crippen molar-refractivity contribution in [3.8, 4) is 0 Å². The van der Waals surface area contributed by atoms with Crippen LogP contribution in [-0.4, -0.2) is 101 Å². The zero-order valence-corrected chi connectivity index (χ0v) is 22.6. The third kappa shape index (κ3) is 7.07. The molecule has 3 rings (SSSR count). The van der Waals surface area contributed by atoms with Crippen LogP contribution in [0.25, 0.3) is 0 Å². The highest BCUT2D eigenvalue weighted by molar-refractivity contribution is 5.89. The number of aliphatic hydroxyl groups excluding tert-OH is 5. The van der Waals surface area contributed by atoms with Crippen LogP contribution in [0, 0.1) is 17.8 Å². The Morgan fingerprint density at radius 2 is 1.79 bits per heavy atom. The van der Waals surface area contributed by atoms with Crippen molar-refractivity contribution in [2.24, 2.45) is 17.8 Å². The zero-order valence-electron chi connectivity index (χ0n) is 22.6. The third-order valence-corrected chi connectivity index (χ3v) is 7.73. The van der Waals surface area contributed by atoms with E-state index >= 15 is 0 Å². The molecule has 0 radical (unpaired) electrons. The molecular formula is C27H40O12. The summed E-state index contributed by atoms with van der Waals surface area (Å²) in [7, 11) is 1.25. The summed E-state index contributed by atoms with van der Waals surface area (Å²) >= 11 is 0. The summed E-state index contributed by atoms with van der Waals surface area (Å²) in [6.07, 6.45) is -2.79. The first kappa shape index (κ1) is 31.2. The minimum Gasteiger partial charge on any atom is -0.472 e. The lowest BCUT2D eigenvalue weighted by Gasteiger charge is -2.43. The fourth-order valence-electron chi connectivity index (χ4n) is 5.32. The van der Waals surface area contributed by atoms with Gasteiger partial charge in [0.25, 0.3) is 0 Å². The number of aliphatic hydroxyl groups is 5. The monoisotopic (exact) mass is 556 g/mol. The number of allylic oxidation sites excluding steroid dienone is 2. The number of esters is 2. The SMILES string of the molecule is COC(=O)C1=COC(OC2OC(CO)C(O)C(O)C2O)C2C1CC(OC(=O)C(C)=CCCC(C)=CCO)C2C. The Labute approximate surface area is 227 Å². The molecule has 1 saturated heterocycles. The lowest BCUT2D eigenvalue weighted by atomic mass is 9.83. The number of rotatable bonds is 10. The summed E-state index contributed by atoms with van der Waals surface area (Å²) in [5.41, 5.74) is 1.69. The summed E-state index contributed by atoms with van der Waals surface area (Å²) in [5.74, 6) is -2.44. The number of hydrogen-bond acceptors (Lipinski definition) is 12. The quantitative estimate of drug-likeness (QED) is 0.139. The Morgan fingerprint density at radius 1 is 1.08 bits per heavy atom. The van der Waals surface area contributed by atoms with E-state index in [0.717, 1.165) is 5.57 Å². The van der Waals surface area contributed by atoms with E-state index in [-0.39, 0.29) is 18.1 Å². The molecule has 2 fully saturated rings. The number of methoxy groups -OCH3 is 1. The summed E-state index contributed by atoms with van der Waals surface area (Å²) in [4.78, 5) is 25.3. The van der Waals surface area contributed by atoms with Gasteiger partial charge in [0.15, 0.2) is 6.29 Å². The van der Waals surface area contributed by atoms with Crippen LogP contribution in [0.4, 0.5) is 0 Å². The first-order chi connectivity index (χ1) is 18.5. The minimum absolute atomic E-state index is 0.0364. The molecule has 10 atom stereocenters. The van der Waals surface area contributed by atoms with Gasteiger partial charge < -0.3 is 49.2 Å². The lowest BCUT2D eigenvalue weighted by molar-refractivity contribution is -0.342. The summed E-state index contributed by atoms with van der Waals surface area (Å²) < 4.78 is 27.8. The van der Waals surface area contributed by atoms with Crippen LogP contribution in [-0.2, 0) is 33.3 Å². The van der Waals surface area contributed by atoms with E-state index in [2.05, 4.69) is 0 Å². The smallest absolute Gasteiger partial charge is 0.337 e. The Hall–Kier alpha value is -2.32. The second-order valence-corrected chi connectivity index (χ2v) is 10.3. The fourth-order valence-corrected chi connectivity index (χ4v) is 5.32. The Bertz CT molecular complexity index is 956. The first-order valence-corrected chi connectivity index (χ1v) is 13.1. The van der Waals surface area contributed by atoms with E-state index in [0.29, 0.717) is 24.8 Å². The second-order valence-electron chi connectivity index (χ2n) is 10.3. The standard InChI is InChI=1S/C27H40O12/c1-13(8-9-28)6-5-7-14(2)24(33)37-18-10-16-17(25(34)35-4)12-36-26(20(16)15(18)3)39-27-23(32)22(31)21(30)19(11-29)38-27/h7-8,12,15-16,18-23,26-32H,5-6,9-11H2,1-4H3. The molecule has 2 aliphatic heterocycles. The Balaban J connectivity index is 1.75. The Kier molecular flexibility index (Phi) is 11.1. The van der Waals surface area contributed by atoms with Crippen LogP contribution in [0.2, 0.25) is 0 Å². The highest BCUT2D eigenvalue weighted by atomic mass is 16.8. The van der Waals surface area contributed by atoms with Gasteiger partial charge in [-0.05, 0) is 33.1 Å². The van der Waals surface area contributed by atoms with Gasteiger partial charge >= 0.3 is 11.9 Å². The van der Waals surface area contributed by atoms with Crippen LogP contribution in [0.3, 0.4) is 0 Å². The van der Waals surface area contributed by atoms with Crippen molar-refractivity contribution in [2.75, 3.05) is 20.3 Å². The summed E-state index contributed by atoms with van der Waals surface area (Å²) in [5, 5.41) is 49.1. The maximum Gasteiger partial charge on any atom is 0.337 e. The van der Waals surface area contributed by atoms with Crippen molar-refractivity contribution in [2.45, 2.75) is 83.1 Å². The summed E-state index contributed by atoms with van der Waals surface area (Å²) in [6.45, 7) is 4.74. The molecule has 2 heterocycles. The van der Waals surface area contributed by atoms with Gasteiger partial charge in [0, 0.05) is 23.3 Å². The predicted octanol–water partition coefficient (Wildman–Crippen LogP) is 0.0652. The van der Waals surface area contributed by atoms with Gasteiger partial charge in [0.05, 0.1) is 32.2 Å². The summed E-state index contributed by atoms with van der Waals surface area (Å²) in [6, 6.07) is 0. The normalized spacial score (nSPS) is 37.0. The van der Waals surface area contributed by atoms with Gasteiger partial charge in [-0.2, -0.15) is 0 Å². The average molecular weight is 557 g/mol. The maximum absolute atomic E-state index is 12.9. The molecule has 1 aliphatic carbocycles. The van der Waals surface area contributed by atoms with E-state index in [4.69, 9.17) is 28.8 Å². The molecule has 10 unspecified atom stereocenters. The van der Waals surface area contributed by atoms with Crippen molar-refractivity contribution >= 4 is 11.9 Å². The van der Waals surface area contributed by atoms with Gasteiger partial charge in [0.1, 0.15) is 30.5 Å². The highest BCUT2D eigenvalue weighted by Crippen LogP contribution is 2.48. The molecule has 39 heavy (non-hydrogen) atoms.